The molecule has 0 aliphatic heterocycles. The molecule has 0 unspecified atom stereocenters. The SMILES string of the molecule is Cc1cc(C)c(C(=O)O)c(SCCC(F)(F)F)n1. The number of thioether (sulfide) groups is 1. The maximum atomic E-state index is 12.0. The van der Waals surface area contributed by atoms with E-state index in [1.165, 1.54) is 0 Å². The summed E-state index contributed by atoms with van der Waals surface area (Å²) >= 11 is 0.819. The number of hydrogen-bond donors (Lipinski definition) is 1. The molecule has 18 heavy (non-hydrogen) atoms. The Morgan fingerprint density at radius 1 is 1.44 bits per heavy atom. The number of nitrogens with zero attached hydrogens (tertiary/aromatic N) is 1. The first kappa shape index (κ1) is 14.8. The van der Waals surface area contributed by atoms with Gasteiger partial charge in [-0.1, -0.05) is 0 Å². The van der Waals surface area contributed by atoms with Gasteiger partial charge < -0.3 is 5.11 Å². The molecule has 0 fully saturated rings. The minimum atomic E-state index is -4.24. The number of carboxylic acids is 1. The fourth-order valence-corrected chi connectivity index (χ4v) is 2.56. The molecular weight excluding hydrogens is 267 g/mol. The van der Waals surface area contributed by atoms with Gasteiger partial charge >= 0.3 is 12.1 Å². The van der Waals surface area contributed by atoms with Crippen molar-refractivity contribution < 1.29 is 23.1 Å². The normalized spacial score (nSPS) is 11.6. The Morgan fingerprint density at radius 3 is 2.56 bits per heavy atom. The van der Waals surface area contributed by atoms with Crippen molar-refractivity contribution in [1.29, 1.82) is 0 Å². The smallest absolute Gasteiger partial charge is 0.389 e. The van der Waals surface area contributed by atoms with Gasteiger partial charge in [-0.2, -0.15) is 13.2 Å². The van der Waals surface area contributed by atoms with Gasteiger partial charge in [0.1, 0.15) is 5.03 Å². The Kier molecular flexibility index (Phi) is 4.61. The van der Waals surface area contributed by atoms with Crippen molar-refractivity contribution in [2.24, 2.45) is 0 Å². The molecule has 0 radical (unpaired) electrons. The van der Waals surface area contributed by atoms with Crippen LogP contribution in [0.25, 0.3) is 0 Å². The quantitative estimate of drug-likeness (QED) is 0.858. The lowest BCUT2D eigenvalue weighted by atomic mass is 10.1. The Hall–Kier alpha value is -1.24. The maximum Gasteiger partial charge on any atom is 0.389 e. The van der Waals surface area contributed by atoms with Gasteiger partial charge in [0, 0.05) is 11.4 Å². The minimum absolute atomic E-state index is 0.0206. The van der Waals surface area contributed by atoms with Crippen LogP contribution >= 0.6 is 11.8 Å². The lowest BCUT2D eigenvalue weighted by Gasteiger charge is -2.10. The Morgan fingerprint density at radius 2 is 2.06 bits per heavy atom. The van der Waals surface area contributed by atoms with Gasteiger partial charge in [0.25, 0.3) is 0 Å². The molecule has 1 N–H and O–H groups in total. The molecule has 0 aliphatic rings. The first-order valence-electron chi connectivity index (χ1n) is 5.12. The third-order valence-electron chi connectivity index (χ3n) is 2.15. The average molecular weight is 279 g/mol. The molecule has 0 bridgehead atoms. The molecule has 3 nitrogen and oxygen atoms in total. The molecule has 0 spiro atoms. The molecule has 100 valence electrons. The van der Waals surface area contributed by atoms with Gasteiger partial charge in [-0.3, -0.25) is 0 Å². The van der Waals surface area contributed by atoms with E-state index in [9.17, 15) is 18.0 Å². The molecule has 1 heterocycles. The monoisotopic (exact) mass is 279 g/mol. The largest absolute Gasteiger partial charge is 0.478 e. The third kappa shape index (κ3) is 4.21. The second-order valence-corrected chi connectivity index (χ2v) is 4.86. The summed E-state index contributed by atoms with van der Waals surface area (Å²) in [7, 11) is 0. The zero-order valence-electron chi connectivity index (χ0n) is 9.84. The molecule has 1 rings (SSSR count). The first-order chi connectivity index (χ1) is 8.20. The molecular formula is C11H12F3NO2S. The fourth-order valence-electron chi connectivity index (χ4n) is 1.43. The van der Waals surface area contributed by atoms with Crippen molar-refractivity contribution in [3.05, 3.63) is 22.9 Å². The van der Waals surface area contributed by atoms with E-state index >= 15 is 0 Å². The van der Waals surface area contributed by atoms with E-state index in [0.29, 0.717) is 11.3 Å². The van der Waals surface area contributed by atoms with Crippen molar-refractivity contribution in [3.63, 3.8) is 0 Å². The Balaban J connectivity index is 2.90. The number of hydrogen-bond acceptors (Lipinski definition) is 3. The number of aromatic nitrogens is 1. The van der Waals surface area contributed by atoms with Gasteiger partial charge in [-0.05, 0) is 25.5 Å². The maximum absolute atomic E-state index is 12.0. The zero-order valence-corrected chi connectivity index (χ0v) is 10.7. The number of pyridine rings is 1. The van der Waals surface area contributed by atoms with Crippen LogP contribution in [-0.4, -0.2) is 28.0 Å². The van der Waals surface area contributed by atoms with E-state index in [2.05, 4.69) is 4.98 Å². The number of halogens is 3. The molecule has 0 aliphatic carbocycles. The van der Waals surface area contributed by atoms with E-state index in [-0.39, 0.29) is 16.3 Å². The second kappa shape index (κ2) is 5.60. The fraction of sp³-hybridized carbons (Fsp3) is 0.455. The zero-order chi connectivity index (χ0) is 13.9. The van der Waals surface area contributed by atoms with Crippen LogP contribution in [0, 0.1) is 13.8 Å². The number of carboxylic acid groups (broad SMARTS) is 1. The van der Waals surface area contributed by atoms with E-state index in [0.717, 1.165) is 11.8 Å². The van der Waals surface area contributed by atoms with Gasteiger partial charge in [0.05, 0.1) is 12.0 Å². The summed E-state index contributed by atoms with van der Waals surface area (Å²) < 4.78 is 36.1. The molecule has 0 saturated carbocycles. The highest BCUT2D eigenvalue weighted by molar-refractivity contribution is 7.99. The van der Waals surface area contributed by atoms with E-state index in [4.69, 9.17) is 5.11 Å². The predicted octanol–water partition coefficient (Wildman–Crippen LogP) is 3.44. The van der Waals surface area contributed by atoms with Gasteiger partial charge in [0.15, 0.2) is 0 Å². The van der Waals surface area contributed by atoms with Crippen molar-refractivity contribution in [1.82, 2.24) is 4.98 Å². The highest BCUT2D eigenvalue weighted by Gasteiger charge is 2.27. The molecule has 1 aromatic rings. The molecule has 0 aromatic carbocycles. The topological polar surface area (TPSA) is 50.2 Å². The van der Waals surface area contributed by atoms with Crippen LogP contribution in [0.2, 0.25) is 0 Å². The summed E-state index contributed by atoms with van der Waals surface area (Å²) in [5.74, 6) is -1.41. The van der Waals surface area contributed by atoms with Crippen LogP contribution in [0.3, 0.4) is 0 Å². The van der Waals surface area contributed by atoms with E-state index < -0.39 is 18.6 Å². The van der Waals surface area contributed by atoms with Crippen LogP contribution < -0.4 is 0 Å². The number of alkyl halides is 3. The van der Waals surface area contributed by atoms with E-state index in [1.54, 1.807) is 19.9 Å². The van der Waals surface area contributed by atoms with Crippen LogP contribution in [0.5, 0.6) is 0 Å². The predicted molar refractivity (Wildman–Crippen MR) is 62.1 cm³/mol. The summed E-state index contributed by atoms with van der Waals surface area (Å²) in [4.78, 5) is 15.0. The molecule has 0 amide bonds. The lowest BCUT2D eigenvalue weighted by molar-refractivity contribution is -0.129. The summed E-state index contributed by atoms with van der Waals surface area (Å²) in [6, 6.07) is 1.59. The van der Waals surface area contributed by atoms with Crippen LogP contribution in [0.4, 0.5) is 13.2 Å². The number of aryl methyl sites for hydroxylation is 2. The van der Waals surface area contributed by atoms with Gasteiger partial charge in [-0.15, -0.1) is 11.8 Å². The molecule has 1 aromatic heterocycles. The van der Waals surface area contributed by atoms with Crippen molar-refractivity contribution in [3.8, 4) is 0 Å². The highest BCUT2D eigenvalue weighted by atomic mass is 32.2. The first-order valence-corrected chi connectivity index (χ1v) is 6.10. The van der Waals surface area contributed by atoms with Crippen molar-refractivity contribution in [2.75, 3.05) is 5.75 Å². The molecule has 0 atom stereocenters. The summed E-state index contributed by atoms with van der Waals surface area (Å²) in [5, 5.41) is 9.16. The average Bonchev–Trinajstić information content (AvgIpc) is 2.13. The van der Waals surface area contributed by atoms with Crippen molar-refractivity contribution in [2.45, 2.75) is 31.5 Å². The Labute approximate surface area is 106 Å². The minimum Gasteiger partial charge on any atom is -0.478 e. The number of rotatable bonds is 4. The molecule has 7 heteroatoms. The van der Waals surface area contributed by atoms with Gasteiger partial charge in [-0.25, -0.2) is 9.78 Å². The standard InChI is InChI=1S/C11H12F3NO2S/c1-6-5-7(2)15-9(8(6)10(16)17)18-4-3-11(12,13)14/h5H,3-4H2,1-2H3,(H,16,17). The number of carbonyl (C=O) groups is 1. The highest BCUT2D eigenvalue weighted by Crippen LogP contribution is 2.28. The van der Waals surface area contributed by atoms with E-state index in [1.807, 2.05) is 0 Å². The lowest BCUT2D eigenvalue weighted by Crippen LogP contribution is -2.10. The van der Waals surface area contributed by atoms with Crippen LogP contribution in [0.1, 0.15) is 28.0 Å². The summed E-state index contributed by atoms with van der Waals surface area (Å²) in [6.45, 7) is 3.28. The van der Waals surface area contributed by atoms with Gasteiger partial charge in [0.2, 0.25) is 0 Å². The Bertz CT molecular complexity index is 460. The number of aromatic carboxylic acids is 1. The van der Waals surface area contributed by atoms with Crippen molar-refractivity contribution >= 4 is 17.7 Å². The second-order valence-electron chi connectivity index (χ2n) is 3.78. The third-order valence-corrected chi connectivity index (χ3v) is 3.13. The molecule has 0 saturated heterocycles. The van der Waals surface area contributed by atoms with Crippen LogP contribution in [-0.2, 0) is 0 Å². The summed E-state index contributed by atoms with van der Waals surface area (Å²) in [5.41, 5.74) is 1.07. The van der Waals surface area contributed by atoms with Crippen LogP contribution in [0.15, 0.2) is 11.1 Å². The summed E-state index contributed by atoms with van der Waals surface area (Å²) in [6.07, 6.45) is -5.21.